The van der Waals surface area contributed by atoms with Gasteiger partial charge in [-0.15, -0.1) is 0 Å². The Hall–Kier alpha value is -2.22. The molecular formula is C25H35N3O3S. The number of benzene rings is 2. The molecule has 32 heavy (non-hydrogen) atoms. The number of hydrogen-bond acceptors (Lipinski definition) is 5. The highest BCUT2D eigenvalue weighted by atomic mass is 32.2. The average Bonchev–Trinajstić information content (AvgIpc) is 2.78. The second-order valence-electron chi connectivity index (χ2n) is 8.68. The van der Waals surface area contributed by atoms with Crippen molar-refractivity contribution in [2.75, 3.05) is 30.8 Å². The maximum atomic E-state index is 12.6. The van der Waals surface area contributed by atoms with Gasteiger partial charge in [-0.25, -0.2) is 8.42 Å². The van der Waals surface area contributed by atoms with Crippen LogP contribution in [0.15, 0.2) is 53.4 Å². The summed E-state index contributed by atoms with van der Waals surface area (Å²) in [5.41, 5.74) is 9.24. The topological polar surface area (TPSA) is 83.7 Å². The second-order valence-corrected chi connectivity index (χ2v) is 10.7. The SMILES string of the molecule is CCc1cc(S(C)(=O)=O)ccc1N(C(C)=O)C1CCN(CC[C@H](N)c2ccccc2)CC1. The number of likely N-dealkylation sites (tertiary alicyclic amines) is 1. The molecule has 1 saturated heterocycles. The number of aryl methyl sites for hydroxylation is 1. The van der Waals surface area contributed by atoms with Gasteiger partial charge in [0.2, 0.25) is 5.91 Å². The first-order valence-corrected chi connectivity index (χ1v) is 13.3. The first-order chi connectivity index (χ1) is 15.2. The van der Waals surface area contributed by atoms with Gasteiger partial charge in [0.25, 0.3) is 0 Å². The maximum absolute atomic E-state index is 12.6. The molecule has 0 bridgehead atoms. The predicted octanol–water partition coefficient (Wildman–Crippen LogP) is 3.56. The zero-order valence-corrected chi connectivity index (χ0v) is 20.1. The molecule has 0 aliphatic carbocycles. The Morgan fingerprint density at radius 2 is 1.81 bits per heavy atom. The molecule has 7 heteroatoms. The van der Waals surface area contributed by atoms with Crippen LogP contribution in [0.25, 0.3) is 0 Å². The van der Waals surface area contributed by atoms with Crippen molar-refractivity contribution in [1.29, 1.82) is 0 Å². The molecule has 1 fully saturated rings. The van der Waals surface area contributed by atoms with Crippen LogP contribution in [0.1, 0.15) is 50.3 Å². The first-order valence-electron chi connectivity index (χ1n) is 11.4. The van der Waals surface area contributed by atoms with Crippen molar-refractivity contribution in [3.63, 3.8) is 0 Å². The minimum Gasteiger partial charge on any atom is -0.324 e. The van der Waals surface area contributed by atoms with E-state index in [1.54, 1.807) is 25.1 Å². The van der Waals surface area contributed by atoms with Gasteiger partial charge in [-0.3, -0.25) is 4.79 Å². The summed E-state index contributed by atoms with van der Waals surface area (Å²) in [6.45, 7) is 6.35. The fourth-order valence-electron chi connectivity index (χ4n) is 4.52. The average molecular weight is 458 g/mol. The molecule has 0 spiro atoms. The van der Waals surface area contributed by atoms with E-state index in [0.29, 0.717) is 11.3 Å². The minimum atomic E-state index is -3.28. The number of amides is 1. The van der Waals surface area contributed by atoms with Gasteiger partial charge in [0.15, 0.2) is 9.84 Å². The van der Waals surface area contributed by atoms with Crippen LogP contribution >= 0.6 is 0 Å². The Bertz CT molecular complexity index is 1020. The van der Waals surface area contributed by atoms with Crippen molar-refractivity contribution >= 4 is 21.4 Å². The molecule has 2 aromatic carbocycles. The van der Waals surface area contributed by atoms with Gasteiger partial charge >= 0.3 is 0 Å². The normalized spacial score (nSPS) is 16.6. The third-order valence-corrected chi connectivity index (χ3v) is 7.48. The number of nitrogens with zero attached hydrogens (tertiary/aromatic N) is 2. The molecule has 2 N–H and O–H groups in total. The molecule has 1 aliphatic rings. The van der Waals surface area contributed by atoms with Crippen molar-refractivity contribution in [3.8, 4) is 0 Å². The van der Waals surface area contributed by atoms with Crippen LogP contribution in [-0.4, -0.2) is 51.2 Å². The minimum absolute atomic E-state index is 0.00337. The maximum Gasteiger partial charge on any atom is 0.224 e. The molecule has 1 amide bonds. The Labute approximate surface area is 192 Å². The van der Waals surface area contributed by atoms with Crippen LogP contribution in [0.2, 0.25) is 0 Å². The van der Waals surface area contributed by atoms with E-state index in [0.717, 1.165) is 55.7 Å². The lowest BCUT2D eigenvalue weighted by molar-refractivity contribution is -0.117. The zero-order valence-electron chi connectivity index (χ0n) is 19.3. The summed E-state index contributed by atoms with van der Waals surface area (Å²) in [7, 11) is -3.28. The molecule has 0 radical (unpaired) electrons. The molecule has 0 aromatic heterocycles. The van der Waals surface area contributed by atoms with E-state index < -0.39 is 9.84 Å². The van der Waals surface area contributed by atoms with Gasteiger partial charge in [0, 0.05) is 44.0 Å². The Morgan fingerprint density at radius 3 is 2.38 bits per heavy atom. The fraction of sp³-hybridized carbons (Fsp3) is 0.480. The third-order valence-electron chi connectivity index (χ3n) is 6.37. The van der Waals surface area contributed by atoms with Gasteiger partial charge in [-0.2, -0.15) is 0 Å². The van der Waals surface area contributed by atoms with E-state index in [4.69, 9.17) is 5.73 Å². The lowest BCUT2D eigenvalue weighted by Crippen LogP contribution is -2.47. The summed E-state index contributed by atoms with van der Waals surface area (Å²) < 4.78 is 23.9. The van der Waals surface area contributed by atoms with Crippen molar-refractivity contribution in [2.45, 2.75) is 56.5 Å². The monoisotopic (exact) mass is 457 g/mol. The van der Waals surface area contributed by atoms with Gasteiger partial charge in [0.1, 0.15) is 0 Å². The first kappa shape index (κ1) is 24.4. The second kappa shape index (κ2) is 10.6. The molecule has 1 atom stereocenters. The molecule has 3 rings (SSSR count). The number of carbonyl (C=O) groups is 1. The van der Waals surface area contributed by atoms with E-state index in [1.165, 1.54) is 6.26 Å². The van der Waals surface area contributed by atoms with E-state index >= 15 is 0 Å². The van der Waals surface area contributed by atoms with Crippen LogP contribution in [0.5, 0.6) is 0 Å². The van der Waals surface area contributed by atoms with Crippen LogP contribution in [-0.2, 0) is 21.1 Å². The molecule has 1 heterocycles. The predicted molar refractivity (Wildman–Crippen MR) is 130 cm³/mol. The zero-order chi connectivity index (χ0) is 23.3. The number of carbonyl (C=O) groups excluding carboxylic acids is 1. The summed E-state index contributed by atoms with van der Waals surface area (Å²) in [6.07, 6.45) is 4.55. The van der Waals surface area contributed by atoms with Crippen LogP contribution in [0.3, 0.4) is 0 Å². The summed E-state index contributed by atoms with van der Waals surface area (Å²) in [6, 6.07) is 15.4. The van der Waals surface area contributed by atoms with E-state index in [1.807, 2.05) is 30.0 Å². The fourth-order valence-corrected chi connectivity index (χ4v) is 5.20. The number of anilines is 1. The molecular weight excluding hydrogens is 422 g/mol. The number of hydrogen-bond donors (Lipinski definition) is 1. The quantitative estimate of drug-likeness (QED) is 0.655. The molecule has 174 valence electrons. The van der Waals surface area contributed by atoms with Crippen molar-refractivity contribution in [1.82, 2.24) is 4.90 Å². The van der Waals surface area contributed by atoms with Crippen LogP contribution < -0.4 is 10.6 Å². The summed E-state index contributed by atoms with van der Waals surface area (Å²) in [5, 5.41) is 0. The molecule has 2 aromatic rings. The van der Waals surface area contributed by atoms with Crippen LogP contribution in [0.4, 0.5) is 5.69 Å². The van der Waals surface area contributed by atoms with E-state index in [-0.39, 0.29) is 18.0 Å². The van der Waals surface area contributed by atoms with Crippen molar-refractivity contribution in [3.05, 3.63) is 59.7 Å². The number of rotatable bonds is 8. The summed E-state index contributed by atoms with van der Waals surface area (Å²) in [5.74, 6) is -0.00337. The lowest BCUT2D eigenvalue weighted by Gasteiger charge is -2.39. The van der Waals surface area contributed by atoms with Crippen molar-refractivity contribution in [2.24, 2.45) is 5.73 Å². The number of nitrogens with two attached hydrogens (primary N) is 1. The standard InChI is InChI=1S/C25H35N3O3S/c1-4-20-18-23(32(3,30)31)10-11-25(20)28(19(2)29)22-12-15-27(16-13-22)17-14-24(26)21-8-6-5-7-9-21/h5-11,18,22,24H,4,12-17,26H2,1-3H3/t24-/m0/s1. The molecule has 1 aliphatic heterocycles. The molecule has 0 saturated carbocycles. The van der Waals surface area contributed by atoms with Gasteiger partial charge in [0.05, 0.1) is 4.90 Å². The van der Waals surface area contributed by atoms with Crippen molar-refractivity contribution < 1.29 is 13.2 Å². The van der Waals surface area contributed by atoms with Gasteiger partial charge in [-0.1, -0.05) is 37.3 Å². The van der Waals surface area contributed by atoms with Crippen LogP contribution in [0, 0.1) is 0 Å². The smallest absolute Gasteiger partial charge is 0.224 e. The number of piperidine rings is 1. The largest absolute Gasteiger partial charge is 0.324 e. The third kappa shape index (κ3) is 5.97. The highest BCUT2D eigenvalue weighted by Crippen LogP contribution is 2.30. The highest BCUT2D eigenvalue weighted by Gasteiger charge is 2.29. The summed E-state index contributed by atoms with van der Waals surface area (Å²) >= 11 is 0. The molecule has 0 unspecified atom stereocenters. The summed E-state index contributed by atoms with van der Waals surface area (Å²) in [4.78, 5) is 17.2. The lowest BCUT2D eigenvalue weighted by atomic mass is 9.99. The van der Waals surface area contributed by atoms with E-state index in [9.17, 15) is 13.2 Å². The highest BCUT2D eigenvalue weighted by molar-refractivity contribution is 7.90. The van der Waals surface area contributed by atoms with E-state index in [2.05, 4.69) is 17.0 Å². The Kier molecular flexibility index (Phi) is 8.09. The Morgan fingerprint density at radius 1 is 1.16 bits per heavy atom. The van der Waals surface area contributed by atoms with Gasteiger partial charge in [-0.05, 0) is 61.6 Å². The Balaban J connectivity index is 1.65. The number of sulfone groups is 1. The molecule has 6 nitrogen and oxygen atoms in total. The van der Waals surface area contributed by atoms with Gasteiger partial charge < -0.3 is 15.5 Å².